The van der Waals surface area contributed by atoms with E-state index in [1.54, 1.807) is 31.2 Å². The Bertz CT molecular complexity index is 537. The van der Waals surface area contributed by atoms with E-state index in [9.17, 15) is 9.59 Å². The summed E-state index contributed by atoms with van der Waals surface area (Å²) in [5.41, 5.74) is 0.903. The topological polar surface area (TPSA) is 67.4 Å². The molecule has 1 aromatic carbocycles. The number of amides is 1. The number of ether oxygens (including phenoxy) is 1. The minimum Gasteiger partial charge on any atom is -0.462 e. The molecule has 0 heterocycles. The first-order valence-electron chi connectivity index (χ1n) is 9.00. The highest BCUT2D eigenvalue weighted by atomic mass is 16.5. The Morgan fingerprint density at radius 1 is 1.12 bits per heavy atom. The molecule has 2 N–H and O–H groups in total. The van der Waals surface area contributed by atoms with Crippen molar-refractivity contribution in [2.45, 2.75) is 57.9 Å². The molecule has 1 aliphatic rings. The van der Waals surface area contributed by atoms with Crippen molar-refractivity contribution in [1.29, 1.82) is 0 Å². The van der Waals surface area contributed by atoms with Crippen LogP contribution >= 0.6 is 0 Å². The Morgan fingerprint density at radius 3 is 2.54 bits per heavy atom. The number of para-hydroxylation sites is 1. The van der Waals surface area contributed by atoms with Crippen LogP contribution in [-0.2, 0) is 9.53 Å². The van der Waals surface area contributed by atoms with Gasteiger partial charge in [-0.1, -0.05) is 37.8 Å². The summed E-state index contributed by atoms with van der Waals surface area (Å²) < 4.78 is 5.02. The van der Waals surface area contributed by atoms with Gasteiger partial charge in [-0.2, -0.15) is 0 Å². The molecule has 0 unspecified atom stereocenters. The Morgan fingerprint density at radius 2 is 1.83 bits per heavy atom. The smallest absolute Gasteiger partial charge is 0.340 e. The third-order valence-corrected chi connectivity index (χ3v) is 4.34. The van der Waals surface area contributed by atoms with E-state index in [4.69, 9.17) is 4.74 Å². The SMILES string of the molecule is CCOC(=O)c1ccccc1NC(=O)CCNC1CCCCCC1. The molecule has 0 bridgehead atoms. The summed E-state index contributed by atoms with van der Waals surface area (Å²) in [4.78, 5) is 24.1. The highest BCUT2D eigenvalue weighted by Gasteiger charge is 2.15. The van der Waals surface area contributed by atoms with Crippen LogP contribution in [0.5, 0.6) is 0 Å². The molecule has 24 heavy (non-hydrogen) atoms. The molecule has 1 saturated carbocycles. The van der Waals surface area contributed by atoms with Gasteiger partial charge >= 0.3 is 5.97 Å². The number of carbonyl (C=O) groups excluding carboxylic acids is 2. The first-order chi connectivity index (χ1) is 11.7. The van der Waals surface area contributed by atoms with Crippen LogP contribution in [0.15, 0.2) is 24.3 Å². The molecule has 1 amide bonds. The van der Waals surface area contributed by atoms with Gasteiger partial charge in [0.2, 0.25) is 5.91 Å². The number of esters is 1. The maximum absolute atomic E-state index is 12.2. The highest BCUT2D eigenvalue weighted by Crippen LogP contribution is 2.18. The second-order valence-electron chi connectivity index (χ2n) is 6.21. The molecular formula is C19H28N2O3. The van der Waals surface area contributed by atoms with Crippen molar-refractivity contribution in [1.82, 2.24) is 5.32 Å². The molecular weight excluding hydrogens is 304 g/mol. The van der Waals surface area contributed by atoms with Crippen molar-refractivity contribution < 1.29 is 14.3 Å². The lowest BCUT2D eigenvalue weighted by molar-refractivity contribution is -0.116. The molecule has 132 valence electrons. The Kier molecular flexibility index (Phi) is 7.75. The predicted octanol–water partition coefficient (Wildman–Crippen LogP) is 3.50. The maximum Gasteiger partial charge on any atom is 0.340 e. The van der Waals surface area contributed by atoms with Crippen LogP contribution in [0.1, 0.15) is 62.2 Å². The van der Waals surface area contributed by atoms with Crippen LogP contribution in [0.2, 0.25) is 0 Å². The molecule has 0 aromatic heterocycles. The Labute approximate surface area is 144 Å². The van der Waals surface area contributed by atoms with Crippen molar-refractivity contribution in [3.63, 3.8) is 0 Å². The quantitative estimate of drug-likeness (QED) is 0.592. The molecule has 1 aliphatic carbocycles. The van der Waals surface area contributed by atoms with Gasteiger partial charge in [-0.3, -0.25) is 4.79 Å². The van der Waals surface area contributed by atoms with Gasteiger partial charge in [0.15, 0.2) is 0 Å². The van der Waals surface area contributed by atoms with Gasteiger partial charge in [0.25, 0.3) is 0 Å². The Balaban J connectivity index is 1.80. The fourth-order valence-electron chi connectivity index (χ4n) is 3.06. The van der Waals surface area contributed by atoms with Crippen LogP contribution in [0.3, 0.4) is 0 Å². The second kappa shape index (κ2) is 10.1. The molecule has 2 rings (SSSR count). The summed E-state index contributed by atoms with van der Waals surface area (Å²) in [6, 6.07) is 7.48. The van der Waals surface area contributed by atoms with Crippen molar-refractivity contribution in [2.75, 3.05) is 18.5 Å². The van der Waals surface area contributed by atoms with Crippen LogP contribution in [0.25, 0.3) is 0 Å². The zero-order valence-electron chi connectivity index (χ0n) is 14.5. The molecule has 0 aliphatic heterocycles. The minimum absolute atomic E-state index is 0.0899. The second-order valence-corrected chi connectivity index (χ2v) is 6.21. The largest absolute Gasteiger partial charge is 0.462 e. The third kappa shape index (κ3) is 5.96. The number of nitrogens with one attached hydrogen (secondary N) is 2. The average molecular weight is 332 g/mol. The summed E-state index contributed by atoms with van der Waals surface area (Å²) in [5, 5.41) is 6.30. The van der Waals surface area contributed by atoms with E-state index >= 15 is 0 Å². The molecule has 1 fully saturated rings. The van der Waals surface area contributed by atoms with Crippen molar-refractivity contribution in [2.24, 2.45) is 0 Å². The van der Waals surface area contributed by atoms with Crippen LogP contribution in [-0.4, -0.2) is 31.1 Å². The highest BCUT2D eigenvalue weighted by molar-refractivity contribution is 6.01. The summed E-state index contributed by atoms with van der Waals surface area (Å²) in [7, 11) is 0. The van der Waals surface area contributed by atoms with Gasteiger partial charge in [0, 0.05) is 19.0 Å². The van der Waals surface area contributed by atoms with E-state index in [1.165, 1.54) is 38.5 Å². The van der Waals surface area contributed by atoms with Crippen LogP contribution < -0.4 is 10.6 Å². The molecule has 5 nitrogen and oxygen atoms in total. The molecule has 5 heteroatoms. The third-order valence-electron chi connectivity index (χ3n) is 4.34. The Hall–Kier alpha value is -1.88. The first-order valence-corrected chi connectivity index (χ1v) is 9.00. The van der Waals surface area contributed by atoms with Gasteiger partial charge in [-0.25, -0.2) is 4.79 Å². The zero-order chi connectivity index (χ0) is 17.2. The van der Waals surface area contributed by atoms with Crippen LogP contribution in [0, 0.1) is 0 Å². The predicted molar refractivity (Wildman–Crippen MR) is 95.1 cm³/mol. The molecule has 1 aromatic rings. The van der Waals surface area contributed by atoms with E-state index in [0.717, 1.165) is 0 Å². The van der Waals surface area contributed by atoms with Crippen LogP contribution in [0.4, 0.5) is 5.69 Å². The fraction of sp³-hybridized carbons (Fsp3) is 0.579. The van der Waals surface area contributed by atoms with E-state index < -0.39 is 5.97 Å². The average Bonchev–Trinajstić information content (AvgIpc) is 2.84. The molecule has 0 spiro atoms. The van der Waals surface area contributed by atoms with Gasteiger partial charge in [0.1, 0.15) is 0 Å². The number of rotatable bonds is 7. The minimum atomic E-state index is -0.412. The van der Waals surface area contributed by atoms with E-state index in [0.29, 0.717) is 36.9 Å². The molecule has 0 atom stereocenters. The van der Waals surface area contributed by atoms with Crippen molar-refractivity contribution in [3.8, 4) is 0 Å². The number of hydrogen-bond donors (Lipinski definition) is 2. The summed E-state index contributed by atoms with van der Waals surface area (Å²) in [5.74, 6) is -0.502. The monoisotopic (exact) mass is 332 g/mol. The van der Waals surface area contributed by atoms with E-state index in [2.05, 4.69) is 10.6 Å². The maximum atomic E-state index is 12.2. The normalized spacial score (nSPS) is 15.5. The lowest BCUT2D eigenvalue weighted by Crippen LogP contribution is -2.31. The van der Waals surface area contributed by atoms with Gasteiger partial charge in [-0.05, 0) is 31.9 Å². The van der Waals surface area contributed by atoms with E-state index in [1.807, 2.05) is 0 Å². The number of anilines is 1. The number of carbonyl (C=O) groups is 2. The number of benzene rings is 1. The number of hydrogen-bond acceptors (Lipinski definition) is 4. The summed E-state index contributed by atoms with van der Waals surface area (Å²) >= 11 is 0. The summed E-state index contributed by atoms with van der Waals surface area (Å²) in [6.45, 7) is 2.74. The standard InChI is InChI=1S/C19H28N2O3/c1-2-24-19(23)16-11-7-8-12-17(16)21-18(22)13-14-20-15-9-5-3-4-6-10-15/h7-8,11-12,15,20H,2-6,9-10,13-14H2,1H3,(H,21,22). The van der Waals surface area contributed by atoms with Crippen molar-refractivity contribution in [3.05, 3.63) is 29.8 Å². The summed E-state index contributed by atoms with van der Waals surface area (Å²) in [6.07, 6.45) is 7.99. The van der Waals surface area contributed by atoms with E-state index in [-0.39, 0.29) is 5.91 Å². The van der Waals surface area contributed by atoms with Gasteiger partial charge < -0.3 is 15.4 Å². The lowest BCUT2D eigenvalue weighted by atomic mass is 10.1. The lowest BCUT2D eigenvalue weighted by Gasteiger charge is -2.16. The first kappa shape index (κ1) is 18.5. The van der Waals surface area contributed by atoms with Gasteiger partial charge in [-0.15, -0.1) is 0 Å². The zero-order valence-corrected chi connectivity index (χ0v) is 14.5. The van der Waals surface area contributed by atoms with Gasteiger partial charge in [0.05, 0.1) is 17.9 Å². The fourth-order valence-corrected chi connectivity index (χ4v) is 3.06. The van der Waals surface area contributed by atoms with Crippen molar-refractivity contribution >= 4 is 17.6 Å². The molecule has 0 saturated heterocycles. The molecule has 0 radical (unpaired) electrons.